The van der Waals surface area contributed by atoms with Crippen molar-refractivity contribution in [2.75, 3.05) is 12.4 Å². The van der Waals surface area contributed by atoms with E-state index in [-0.39, 0.29) is 5.91 Å². The van der Waals surface area contributed by atoms with Gasteiger partial charge in [0.2, 0.25) is 0 Å². The lowest BCUT2D eigenvalue weighted by Crippen LogP contribution is -2.13. The first-order valence-electron chi connectivity index (χ1n) is 9.20. The van der Waals surface area contributed by atoms with Gasteiger partial charge in [-0.05, 0) is 66.6 Å². The Bertz CT molecular complexity index is 1130. The maximum Gasteiger partial charge on any atom is 0.256 e. The van der Waals surface area contributed by atoms with Crippen molar-refractivity contribution in [3.05, 3.63) is 90.4 Å². The summed E-state index contributed by atoms with van der Waals surface area (Å²) in [5, 5.41) is 2.93. The SMILES string of the molecule is COc1ccc(-c2ccco2)cc1-c1ccc(NC(=O)c2ccncc2C)cc1. The molecule has 29 heavy (non-hydrogen) atoms. The molecule has 4 rings (SSSR count). The molecule has 2 aromatic heterocycles. The molecule has 0 aliphatic carbocycles. The minimum Gasteiger partial charge on any atom is -0.496 e. The standard InChI is InChI=1S/C24H20N2O3/c1-16-15-25-12-11-20(16)24(27)26-19-8-5-17(6-9-19)21-14-18(7-10-23(21)28-2)22-4-3-13-29-22/h3-15H,1-2H3,(H,26,27). The van der Waals surface area contributed by atoms with Gasteiger partial charge in [-0.1, -0.05) is 12.1 Å². The van der Waals surface area contributed by atoms with Crippen LogP contribution in [0.4, 0.5) is 5.69 Å². The molecule has 2 heterocycles. The second-order valence-corrected chi connectivity index (χ2v) is 6.61. The van der Waals surface area contributed by atoms with Crippen molar-refractivity contribution in [1.29, 1.82) is 0 Å². The number of benzene rings is 2. The van der Waals surface area contributed by atoms with Gasteiger partial charge < -0.3 is 14.5 Å². The predicted molar refractivity (Wildman–Crippen MR) is 113 cm³/mol. The number of nitrogens with one attached hydrogen (secondary N) is 1. The first-order chi connectivity index (χ1) is 14.2. The van der Waals surface area contributed by atoms with Crippen LogP contribution in [-0.2, 0) is 0 Å². The molecule has 0 atom stereocenters. The summed E-state index contributed by atoms with van der Waals surface area (Å²) < 4.78 is 11.0. The Hall–Kier alpha value is -3.86. The van der Waals surface area contributed by atoms with Crippen LogP contribution in [0.1, 0.15) is 15.9 Å². The first kappa shape index (κ1) is 18.5. The van der Waals surface area contributed by atoms with Gasteiger partial charge in [0.25, 0.3) is 5.91 Å². The number of rotatable bonds is 5. The smallest absolute Gasteiger partial charge is 0.256 e. The third-order valence-electron chi connectivity index (χ3n) is 4.72. The van der Waals surface area contributed by atoms with Gasteiger partial charge in [-0.3, -0.25) is 9.78 Å². The van der Waals surface area contributed by atoms with Crippen molar-refractivity contribution in [1.82, 2.24) is 4.98 Å². The maximum atomic E-state index is 12.5. The van der Waals surface area contributed by atoms with Crippen molar-refractivity contribution < 1.29 is 13.9 Å². The number of aromatic nitrogens is 1. The highest BCUT2D eigenvalue weighted by Crippen LogP contribution is 2.35. The van der Waals surface area contributed by atoms with E-state index >= 15 is 0 Å². The second-order valence-electron chi connectivity index (χ2n) is 6.61. The Morgan fingerprint density at radius 1 is 1.03 bits per heavy atom. The second kappa shape index (κ2) is 8.02. The van der Waals surface area contributed by atoms with Crippen LogP contribution >= 0.6 is 0 Å². The quantitative estimate of drug-likeness (QED) is 0.488. The van der Waals surface area contributed by atoms with E-state index in [1.165, 1.54) is 0 Å². The molecule has 5 nitrogen and oxygen atoms in total. The van der Waals surface area contributed by atoms with E-state index in [4.69, 9.17) is 9.15 Å². The minimum atomic E-state index is -0.157. The van der Waals surface area contributed by atoms with E-state index in [1.807, 2.05) is 61.5 Å². The molecule has 0 aliphatic heterocycles. The highest BCUT2D eigenvalue weighted by atomic mass is 16.5. The van der Waals surface area contributed by atoms with Gasteiger partial charge in [-0.25, -0.2) is 0 Å². The zero-order valence-electron chi connectivity index (χ0n) is 16.2. The van der Waals surface area contributed by atoms with E-state index < -0.39 is 0 Å². The fourth-order valence-electron chi connectivity index (χ4n) is 3.19. The first-order valence-corrected chi connectivity index (χ1v) is 9.20. The number of carbonyl (C=O) groups excluding carboxylic acids is 1. The number of pyridine rings is 1. The van der Waals surface area contributed by atoms with E-state index in [1.54, 1.807) is 31.8 Å². The van der Waals surface area contributed by atoms with E-state index in [9.17, 15) is 4.79 Å². The van der Waals surface area contributed by atoms with Crippen molar-refractivity contribution in [3.8, 4) is 28.2 Å². The lowest BCUT2D eigenvalue weighted by Gasteiger charge is -2.12. The third kappa shape index (κ3) is 3.89. The number of anilines is 1. The third-order valence-corrected chi connectivity index (χ3v) is 4.72. The number of hydrogen-bond donors (Lipinski definition) is 1. The van der Waals surface area contributed by atoms with Crippen molar-refractivity contribution in [2.45, 2.75) is 6.92 Å². The Balaban J connectivity index is 1.60. The number of furan rings is 1. The van der Waals surface area contributed by atoms with Gasteiger partial charge in [-0.15, -0.1) is 0 Å². The van der Waals surface area contributed by atoms with E-state index in [2.05, 4.69) is 10.3 Å². The molecule has 0 saturated heterocycles. The Kier molecular flexibility index (Phi) is 5.12. The zero-order valence-corrected chi connectivity index (χ0v) is 16.2. The average molecular weight is 384 g/mol. The molecule has 0 bridgehead atoms. The van der Waals surface area contributed by atoms with Crippen molar-refractivity contribution in [2.24, 2.45) is 0 Å². The average Bonchev–Trinajstić information content (AvgIpc) is 3.29. The van der Waals surface area contributed by atoms with Crippen LogP contribution in [0.25, 0.3) is 22.5 Å². The van der Waals surface area contributed by atoms with Crippen LogP contribution in [0.2, 0.25) is 0 Å². The highest BCUT2D eigenvalue weighted by molar-refractivity contribution is 6.05. The lowest BCUT2D eigenvalue weighted by molar-refractivity contribution is 0.102. The van der Waals surface area contributed by atoms with Crippen LogP contribution in [0, 0.1) is 6.92 Å². The van der Waals surface area contributed by atoms with Gasteiger partial charge in [0.1, 0.15) is 11.5 Å². The predicted octanol–water partition coefficient (Wildman–Crippen LogP) is 5.58. The summed E-state index contributed by atoms with van der Waals surface area (Å²) in [5.74, 6) is 1.41. The van der Waals surface area contributed by atoms with E-state index in [0.29, 0.717) is 5.56 Å². The molecule has 144 valence electrons. The number of carbonyl (C=O) groups is 1. The number of nitrogens with zero attached hydrogens (tertiary/aromatic N) is 1. The summed E-state index contributed by atoms with van der Waals surface area (Å²) in [4.78, 5) is 16.5. The summed E-state index contributed by atoms with van der Waals surface area (Å²) >= 11 is 0. The highest BCUT2D eigenvalue weighted by Gasteiger charge is 2.12. The normalized spacial score (nSPS) is 10.6. The summed E-state index contributed by atoms with van der Waals surface area (Å²) in [6, 6.07) is 19.1. The molecular weight excluding hydrogens is 364 g/mol. The molecule has 0 aliphatic rings. The molecule has 1 N–H and O–H groups in total. The van der Waals surface area contributed by atoms with E-state index in [0.717, 1.165) is 39.5 Å². The zero-order chi connectivity index (χ0) is 20.2. The molecule has 0 unspecified atom stereocenters. The molecule has 0 saturated carbocycles. The Labute approximate surface area is 169 Å². The van der Waals surface area contributed by atoms with Crippen LogP contribution < -0.4 is 10.1 Å². The van der Waals surface area contributed by atoms with Gasteiger partial charge in [0.05, 0.1) is 13.4 Å². The summed E-state index contributed by atoms with van der Waals surface area (Å²) in [5.41, 5.74) is 5.06. The Morgan fingerprint density at radius 2 is 1.83 bits per heavy atom. The maximum absolute atomic E-state index is 12.5. The van der Waals surface area contributed by atoms with Gasteiger partial charge >= 0.3 is 0 Å². The van der Waals surface area contributed by atoms with Crippen molar-refractivity contribution in [3.63, 3.8) is 0 Å². The molecule has 2 aromatic carbocycles. The number of aryl methyl sites for hydroxylation is 1. The van der Waals surface area contributed by atoms with Crippen molar-refractivity contribution >= 4 is 11.6 Å². The molecule has 4 aromatic rings. The van der Waals surface area contributed by atoms with Crippen LogP contribution in [-0.4, -0.2) is 18.0 Å². The van der Waals surface area contributed by atoms with Crippen LogP contribution in [0.15, 0.2) is 83.7 Å². The number of ether oxygens (including phenoxy) is 1. The Morgan fingerprint density at radius 3 is 2.52 bits per heavy atom. The number of amides is 1. The van der Waals surface area contributed by atoms with Gasteiger partial charge in [0.15, 0.2) is 0 Å². The molecule has 0 radical (unpaired) electrons. The topological polar surface area (TPSA) is 64.4 Å². The lowest BCUT2D eigenvalue weighted by atomic mass is 10.0. The molecule has 1 amide bonds. The molecule has 0 fully saturated rings. The summed E-state index contributed by atoms with van der Waals surface area (Å²) in [6.45, 7) is 1.86. The fourth-order valence-corrected chi connectivity index (χ4v) is 3.19. The molecule has 5 heteroatoms. The fraction of sp³-hybridized carbons (Fsp3) is 0.0833. The minimum absolute atomic E-state index is 0.157. The van der Waals surface area contributed by atoms with Crippen LogP contribution in [0.3, 0.4) is 0 Å². The van der Waals surface area contributed by atoms with Crippen LogP contribution in [0.5, 0.6) is 5.75 Å². The largest absolute Gasteiger partial charge is 0.496 e. The molecular formula is C24H20N2O3. The number of methoxy groups -OCH3 is 1. The summed E-state index contributed by atoms with van der Waals surface area (Å²) in [6.07, 6.45) is 4.95. The van der Waals surface area contributed by atoms with Gasteiger partial charge in [0, 0.05) is 34.8 Å². The van der Waals surface area contributed by atoms with Gasteiger partial charge in [-0.2, -0.15) is 0 Å². The molecule has 0 spiro atoms. The monoisotopic (exact) mass is 384 g/mol. The summed E-state index contributed by atoms with van der Waals surface area (Å²) in [7, 11) is 1.65. The number of hydrogen-bond acceptors (Lipinski definition) is 4.